The van der Waals surface area contributed by atoms with E-state index in [1.165, 1.54) is 0 Å². The third kappa shape index (κ3) is 3.65. The Balaban J connectivity index is 3.91. The van der Waals surface area contributed by atoms with Gasteiger partial charge >= 0.3 is 0 Å². The Kier molecular flexibility index (Phi) is 3.62. The van der Waals surface area contributed by atoms with E-state index >= 15 is 0 Å². The molecule has 0 saturated heterocycles. The smallest absolute Gasteiger partial charge is 0.270 e. The quantitative estimate of drug-likeness (QED) is 0.493. The number of carbonyl (C=O) groups excluding carboxylic acids is 1. The highest BCUT2D eigenvalue weighted by Crippen LogP contribution is 2.23. The third-order valence-electron chi connectivity index (χ3n) is 0.763. The fraction of sp³-hybridized carbons (Fsp3) is 0.600. The van der Waals surface area contributed by atoms with Gasteiger partial charge in [0.1, 0.15) is 12.4 Å². The summed E-state index contributed by atoms with van der Waals surface area (Å²) in [7, 11) is 0. The number of halogens is 3. The lowest BCUT2D eigenvalue weighted by Crippen LogP contribution is -2.18. The monoisotopic (exact) mass is 183 g/mol. The van der Waals surface area contributed by atoms with Gasteiger partial charge in [-0.05, 0) is 0 Å². The molecule has 0 bridgehead atoms. The van der Waals surface area contributed by atoms with Gasteiger partial charge in [0.25, 0.3) is 5.13 Å². The predicted octanol–water partition coefficient (Wildman–Crippen LogP) is 1.61. The van der Waals surface area contributed by atoms with Crippen LogP contribution < -0.4 is 0 Å². The zero-order valence-corrected chi connectivity index (χ0v) is 6.36. The predicted molar refractivity (Wildman–Crippen MR) is 35.6 cm³/mol. The Hall–Kier alpha value is -0.330. The van der Waals surface area contributed by atoms with Gasteiger partial charge in [-0.1, -0.05) is 11.6 Å². The van der Waals surface area contributed by atoms with Crippen LogP contribution in [0.1, 0.15) is 6.42 Å². The van der Waals surface area contributed by atoms with Crippen LogP contribution in [0.5, 0.6) is 0 Å². The summed E-state index contributed by atoms with van der Waals surface area (Å²) in [5.74, 6) is 0. The van der Waals surface area contributed by atoms with Crippen LogP contribution in [-0.4, -0.2) is 16.8 Å². The molecule has 0 aliphatic heterocycles. The van der Waals surface area contributed by atoms with E-state index < -0.39 is 16.9 Å². The lowest BCUT2D eigenvalue weighted by molar-refractivity contribution is -0.107. The second-order valence-electron chi connectivity index (χ2n) is 1.67. The van der Waals surface area contributed by atoms with Gasteiger partial charge in [0.2, 0.25) is 0 Å². The van der Waals surface area contributed by atoms with E-state index in [-0.39, 0.29) is 0 Å². The van der Waals surface area contributed by atoms with E-state index in [4.69, 9.17) is 28.5 Å². The first-order valence-electron chi connectivity index (χ1n) is 2.40. The molecule has 0 aromatic carbocycles. The SMILES string of the molecule is N#CC(F)(Cl)CC(Cl)C=O. The maximum atomic E-state index is 12.4. The summed E-state index contributed by atoms with van der Waals surface area (Å²) < 4.78 is 12.4. The standard InChI is InChI=1S/C5H4Cl2FNO/c6-4(2-10)1-5(7,8)3-9/h2,4H,1H2. The number of rotatable bonds is 3. The van der Waals surface area contributed by atoms with Crippen LogP contribution in [0.25, 0.3) is 0 Å². The van der Waals surface area contributed by atoms with Crippen molar-refractivity contribution in [3.8, 4) is 6.07 Å². The van der Waals surface area contributed by atoms with Gasteiger partial charge in [-0.25, -0.2) is 4.39 Å². The molecule has 0 aromatic rings. The van der Waals surface area contributed by atoms with Gasteiger partial charge in [0.15, 0.2) is 0 Å². The summed E-state index contributed by atoms with van der Waals surface area (Å²) in [6, 6.07) is 1.16. The van der Waals surface area contributed by atoms with Crippen molar-refractivity contribution in [3.63, 3.8) is 0 Å². The summed E-state index contributed by atoms with van der Waals surface area (Å²) in [5, 5.41) is 4.45. The summed E-state index contributed by atoms with van der Waals surface area (Å²) >= 11 is 10.1. The minimum absolute atomic E-state index is 0.329. The molecule has 0 aliphatic carbocycles. The van der Waals surface area contributed by atoms with E-state index in [0.29, 0.717) is 6.29 Å². The van der Waals surface area contributed by atoms with Crippen LogP contribution >= 0.6 is 23.2 Å². The third-order valence-corrected chi connectivity index (χ3v) is 1.26. The van der Waals surface area contributed by atoms with E-state index in [1.54, 1.807) is 0 Å². The second kappa shape index (κ2) is 3.75. The number of nitrogens with zero attached hydrogens (tertiary/aromatic N) is 1. The minimum atomic E-state index is -2.52. The lowest BCUT2D eigenvalue weighted by Gasteiger charge is -2.07. The Bertz CT molecular complexity index is 166. The van der Waals surface area contributed by atoms with E-state index in [1.807, 2.05) is 0 Å². The molecule has 0 aliphatic rings. The fourth-order valence-corrected chi connectivity index (χ4v) is 0.797. The average Bonchev–Trinajstić information content (AvgIpc) is 1.87. The first kappa shape index (κ1) is 9.67. The molecular weight excluding hydrogens is 180 g/mol. The summed E-state index contributed by atoms with van der Waals surface area (Å²) in [6.45, 7) is 0. The van der Waals surface area contributed by atoms with Crippen molar-refractivity contribution < 1.29 is 9.18 Å². The summed E-state index contributed by atoms with van der Waals surface area (Å²) in [6.07, 6.45) is -0.161. The van der Waals surface area contributed by atoms with Crippen LogP contribution in [0.3, 0.4) is 0 Å². The van der Waals surface area contributed by atoms with Crippen molar-refractivity contribution in [2.75, 3.05) is 0 Å². The Morgan fingerprint density at radius 3 is 2.70 bits per heavy atom. The Morgan fingerprint density at radius 2 is 2.40 bits per heavy atom. The van der Waals surface area contributed by atoms with Crippen molar-refractivity contribution in [3.05, 3.63) is 0 Å². The van der Waals surface area contributed by atoms with E-state index in [2.05, 4.69) is 0 Å². The average molecular weight is 184 g/mol. The number of nitriles is 1. The van der Waals surface area contributed by atoms with Gasteiger partial charge in [0.05, 0.1) is 5.38 Å². The van der Waals surface area contributed by atoms with Gasteiger partial charge in [-0.15, -0.1) is 11.6 Å². The van der Waals surface area contributed by atoms with Crippen LogP contribution in [0.2, 0.25) is 0 Å². The molecule has 0 heterocycles. The largest absolute Gasteiger partial charge is 0.302 e. The Morgan fingerprint density at radius 1 is 1.90 bits per heavy atom. The molecule has 0 fully saturated rings. The van der Waals surface area contributed by atoms with Crippen molar-refractivity contribution in [1.29, 1.82) is 5.26 Å². The molecule has 2 nitrogen and oxygen atoms in total. The number of carbonyl (C=O) groups is 1. The van der Waals surface area contributed by atoms with E-state index in [9.17, 15) is 9.18 Å². The van der Waals surface area contributed by atoms with E-state index in [0.717, 1.165) is 6.07 Å². The van der Waals surface area contributed by atoms with Crippen molar-refractivity contribution in [2.45, 2.75) is 16.9 Å². The van der Waals surface area contributed by atoms with Crippen LogP contribution in [0, 0.1) is 11.3 Å². The van der Waals surface area contributed by atoms with Gasteiger partial charge in [-0.2, -0.15) is 5.26 Å². The summed E-state index contributed by atoms with van der Waals surface area (Å²) in [5.41, 5.74) is 0. The molecule has 2 unspecified atom stereocenters. The van der Waals surface area contributed by atoms with Gasteiger partial charge < -0.3 is 4.79 Å². The van der Waals surface area contributed by atoms with Crippen LogP contribution in [0.4, 0.5) is 4.39 Å². The fourth-order valence-electron chi connectivity index (χ4n) is 0.339. The molecule has 56 valence electrons. The van der Waals surface area contributed by atoms with Crippen LogP contribution in [0.15, 0.2) is 0 Å². The van der Waals surface area contributed by atoms with Gasteiger partial charge in [0, 0.05) is 6.42 Å². The maximum Gasteiger partial charge on any atom is 0.270 e. The molecule has 0 radical (unpaired) electrons. The normalized spacial score (nSPS) is 18.6. The molecule has 0 spiro atoms. The first-order chi connectivity index (χ1) is 4.52. The molecule has 0 saturated carbocycles. The van der Waals surface area contributed by atoms with Crippen molar-refractivity contribution >= 4 is 29.5 Å². The number of alkyl halides is 3. The molecule has 2 atom stereocenters. The highest BCUT2D eigenvalue weighted by atomic mass is 35.5. The molecule has 0 aromatic heterocycles. The molecule has 5 heteroatoms. The Labute approximate surface area is 67.5 Å². The number of hydrogen-bond donors (Lipinski definition) is 0. The zero-order chi connectivity index (χ0) is 8.20. The maximum absolute atomic E-state index is 12.4. The number of aldehydes is 1. The van der Waals surface area contributed by atoms with Gasteiger partial charge in [-0.3, -0.25) is 0 Å². The zero-order valence-electron chi connectivity index (χ0n) is 4.85. The number of hydrogen-bond acceptors (Lipinski definition) is 2. The highest BCUT2D eigenvalue weighted by molar-refractivity contribution is 6.29. The molecule has 0 N–H and O–H groups in total. The first-order valence-corrected chi connectivity index (χ1v) is 3.22. The molecule has 0 amide bonds. The van der Waals surface area contributed by atoms with Crippen molar-refractivity contribution in [1.82, 2.24) is 0 Å². The highest BCUT2D eigenvalue weighted by Gasteiger charge is 2.28. The summed E-state index contributed by atoms with van der Waals surface area (Å²) in [4.78, 5) is 9.83. The van der Waals surface area contributed by atoms with Crippen LogP contribution in [-0.2, 0) is 4.79 Å². The molecular formula is C5H4Cl2FNO. The lowest BCUT2D eigenvalue weighted by atomic mass is 10.2. The topological polar surface area (TPSA) is 40.9 Å². The minimum Gasteiger partial charge on any atom is -0.302 e. The van der Waals surface area contributed by atoms with Crippen molar-refractivity contribution in [2.24, 2.45) is 0 Å². The second-order valence-corrected chi connectivity index (χ2v) is 2.83. The molecule has 0 rings (SSSR count). The molecule has 10 heavy (non-hydrogen) atoms.